The summed E-state index contributed by atoms with van der Waals surface area (Å²) in [6, 6.07) is 0. The van der Waals surface area contributed by atoms with Crippen molar-refractivity contribution in [3.8, 4) is 0 Å². The summed E-state index contributed by atoms with van der Waals surface area (Å²) >= 11 is 0. The number of nitrogens with one attached hydrogen (secondary N) is 1. The predicted molar refractivity (Wildman–Crippen MR) is 51.0 cm³/mol. The zero-order valence-electron chi connectivity index (χ0n) is 8.45. The highest BCUT2D eigenvalue weighted by molar-refractivity contribution is 5.95. The van der Waals surface area contributed by atoms with Crippen LogP contribution in [0.2, 0.25) is 0 Å². The van der Waals surface area contributed by atoms with Crippen LogP contribution < -0.4 is 5.32 Å². The first-order chi connectivity index (χ1) is 6.70. The molecule has 1 N–H and O–H groups in total. The summed E-state index contributed by atoms with van der Waals surface area (Å²) in [6.45, 7) is 3.54. The number of carbonyl (C=O) groups is 1. The number of hydrogen-bond acceptors (Lipinski definition) is 4. The van der Waals surface area contributed by atoms with E-state index in [0.29, 0.717) is 5.82 Å². The Morgan fingerprint density at radius 2 is 2.36 bits per heavy atom. The molecule has 0 spiro atoms. The van der Waals surface area contributed by atoms with E-state index in [4.69, 9.17) is 0 Å². The van der Waals surface area contributed by atoms with Crippen LogP contribution in [0.4, 0.5) is 0 Å². The number of aryl methyl sites for hydroxylation is 1. The third kappa shape index (κ3) is 1.43. The number of rotatable bonds is 2. The first kappa shape index (κ1) is 9.33. The van der Waals surface area contributed by atoms with Gasteiger partial charge in [-0.15, -0.1) is 10.2 Å². The van der Waals surface area contributed by atoms with E-state index >= 15 is 0 Å². The Balaban J connectivity index is 2.22. The third-order valence-corrected chi connectivity index (χ3v) is 2.74. The number of carbonyl (C=O) groups excluding carboxylic acids is 1. The molecule has 1 saturated heterocycles. The van der Waals surface area contributed by atoms with Crippen LogP contribution in [-0.4, -0.2) is 33.6 Å². The van der Waals surface area contributed by atoms with Crippen LogP contribution >= 0.6 is 0 Å². The van der Waals surface area contributed by atoms with Gasteiger partial charge in [0, 0.05) is 19.5 Å². The average Bonchev–Trinajstić information content (AvgIpc) is 2.77. The van der Waals surface area contributed by atoms with Gasteiger partial charge in [-0.05, 0) is 19.9 Å². The van der Waals surface area contributed by atoms with Crippen LogP contribution in [0, 0.1) is 12.8 Å². The maximum Gasteiger partial charge on any atom is 0.204 e. The minimum atomic E-state index is 0.0808. The molecule has 1 aliphatic heterocycles. The van der Waals surface area contributed by atoms with E-state index in [0.717, 1.165) is 25.3 Å². The van der Waals surface area contributed by atoms with Crippen molar-refractivity contribution in [1.29, 1.82) is 0 Å². The number of ketones is 1. The van der Waals surface area contributed by atoms with Crippen LogP contribution in [0.1, 0.15) is 22.9 Å². The highest BCUT2D eigenvalue weighted by Gasteiger charge is 2.27. The molecule has 1 atom stereocenters. The lowest BCUT2D eigenvalue weighted by molar-refractivity contribution is 0.0916. The number of nitrogens with zero attached hydrogens (tertiary/aromatic N) is 3. The van der Waals surface area contributed by atoms with Crippen molar-refractivity contribution in [3.63, 3.8) is 0 Å². The van der Waals surface area contributed by atoms with Gasteiger partial charge in [0.2, 0.25) is 5.78 Å². The zero-order valence-corrected chi connectivity index (χ0v) is 8.45. The van der Waals surface area contributed by atoms with Gasteiger partial charge in [0.1, 0.15) is 5.82 Å². The van der Waals surface area contributed by atoms with Crippen molar-refractivity contribution < 1.29 is 4.79 Å². The zero-order chi connectivity index (χ0) is 10.1. The minimum Gasteiger partial charge on any atom is -0.316 e. The molecule has 0 bridgehead atoms. The Morgan fingerprint density at radius 1 is 1.57 bits per heavy atom. The van der Waals surface area contributed by atoms with Crippen LogP contribution in [0.3, 0.4) is 0 Å². The molecular formula is C9H14N4O. The molecule has 5 nitrogen and oxygen atoms in total. The van der Waals surface area contributed by atoms with E-state index in [2.05, 4.69) is 15.5 Å². The first-order valence-corrected chi connectivity index (χ1v) is 4.81. The van der Waals surface area contributed by atoms with E-state index in [1.807, 2.05) is 14.0 Å². The van der Waals surface area contributed by atoms with Crippen LogP contribution in [-0.2, 0) is 7.05 Å². The van der Waals surface area contributed by atoms with Gasteiger partial charge in [0.15, 0.2) is 5.82 Å². The summed E-state index contributed by atoms with van der Waals surface area (Å²) in [7, 11) is 1.82. The first-order valence-electron chi connectivity index (χ1n) is 4.81. The Hall–Kier alpha value is -1.23. The standard InChI is InChI=1S/C9H14N4O/c1-6-11-12-9(13(6)2)8(14)7-3-4-10-5-7/h7,10H,3-5H2,1-2H3. The Kier molecular flexibility index (Phi) is 2.33. The van der Waals surface area contributed by atoms with Crippen LogP contribution in [0.15, 0.2) is 0 Å². The van der Waals surface area contributed by atoms with E-state index < -0.39 is 0 Å². The summed E-state index contributed by atoms with van der Waals surface area (Å²) in [5.74, 6) is 1.45. The highest BCUT2D eigenvalue weighted by atomic mass is 16.1. The summed E-state index contributed by atoms with van der Waals surface area (Å²) in [5, 5.41) is 10.9. The van der Waals surface area contributed by atoms with Gasteiger partial charge < -0.3 is 9.88 Å². The summed E-state index contributed by atoms with van der Waals surface area (Å²) < 4.78 is 1.75. The molecule has 14 heavy (non-hydrogen) atoms. The van der Waals surface area contributed by atoms with Crippen molar-refractivity contribution in [2.24, 2.45) is 13.0 Å². The topological polar surface area (TPSA) is 59.8 Å². The smallest absolute Gasteiger partial charge is 0.204 e. The minimum absolute atomic E-state index is 0.0808. The van der Waals surface area contributed by atoms with E-state index in [1.165, 1.54) is 0 Å². The molecular weight excluding hydrogens is 180 g/mol. The predicted octanol–water partition coefficient (Wildman–Crippen LogP) is -0.0843. The van der Waals surface area contributed by atoms with Crippen molar-refractivity contribution in [2.45, 2.75) is 13.3 Å². The molecule has 1 aromatic rings. The second-order valence-electron chi connectivity index (χ2n) is 3.68. The Labute approximate surface area is 82.5 Å². The maximum absolute atomic E-state index is 11.9. The lowest BCUT2D eigenvalue weighted by Crippen LogP contribution is -2.21. The van der Waals surface area contributed by atoms with E-state index in [9.17, 15) is 4.79 Å². The summed E-state index contributed by atoms with van der Waals surface area (Å²) in [5.41, 5.74) is 0. The summed E-state index contributed by atoms with van der Waals surface area (Å²) in [4.78, 5) is 11.9. The highest BCUT2D eigenvalue weighted by Crippen LogP contribution is 2.13. The largest absolute Gasteiger partial charge is 0.316 e. The van der Waals surface area contributed by atoms with Crippen molar-refractivity contribution in [1.82, 2.24) is 20.1 Å². The SMILES string of the molecule is Cc1nnc(C(=O)C2CCNC2)n1C. The molecule has 0 saturated carbocycles. The van der Waals surface area contributed by atoms with Gasteiger partial charge in [-0.2, -0.15) is 0 Å². The fourth-order valence-corrected chi connectivity index (χ4v) is 1.68. The molecule has 2 heterocycles. The van der Waals surface area contributed by atoms with Crippen molar-refractivity contribution in [2.75, 3.05) is 13.1 Å². The monoisotopic (exact) mass is 194 g/mol. The molecule has 5 heteroatoms. The molecule has 0 aliphatic carbocycles. The lowest BCUT2D eigenvalue weighted by atomic mass is 10.0. The molecule has 1 aliphatic rings. The average molecular weight is 194 g/mol. The molecule has 76 valence electrons. The number of hydrogen-bond donors (Lipinski definition) is 1. The van der Waals surface area contributed by atoms with Gasteiger partial charge in [0.05, 0.1) is 0 Å². The fourth-order valence-electron chi connectivity index (χ4n) is 1.68. The Morgan fingerprint density at radius 3 is 2.86 bits per heavy atom. The second kappa shape index (κ2) is 3.49. The molecule has 1 fully saturated rings. The Bertz CT molecular complexity index is 352. The maximum atomic E-state index is 11.9. The number of Topliss-reactive ketones (excluding diaryl/α,β-unsaturated/α-hetero) is 1. The second-order valence-corrected chi connectivity index (χ2v) is 3.68. The third-order valence-electron chi connectivity index (χ3n) is 2.74. The number of aromatic nitrogens is 3. The van der Waals surface area contributed by atoms with Gasteiger partial charge in [-0.25, -0.2) is 0 Å². The van der Waals surface area contributed by atoms with Crippen LogP contribution in [0.25, 0.3) is 0 Å². The van der Waals surface area contributed by atoms with E-state index in [-0.39, 0.29) is 11.7 Å². The molecule has 2 rings (SSSR count). The lowest BCUT2D eigenvalue weighted by Gasteiger charge is -2.05. The molecule has 0 amide bonds. The molecule has 0 radical (unpaired) electrons. The summed E-state index contributed by atoms with van der Waals surface area (Å²) in [6.07, 6.45) is 0.907. The quantitative estimate of drug-likeness (QED) is 0.669. The molecule has 0 aromatic carbocycles. The molecule has 1 aromatic heterocycles. The molecule has 1 unspecified atom stereocenters. The van der Waals surface area contributed by atoms with Gasteiger partial charge in [-0.3, -0.25) is 4.79 Å². The van der Waals surface area contributed by atoms with Crippen molar-refractivity contribution in [3.05, 3.63) is 11.6 Å². The fraction of sp³-hybridized carbons (Fsp3) is 0.667. The van der Waals surface area contributed by atoms with Gasteiger partial charge in [-0.1, -0.05) is 0 Å². The van der Waals surface area contributed by atoms with Gasteiger partial charge in [0.25, 0.3) is 0 Å². The van der Waals surface area contributed by atoms with Crippen molar-refractivity contribution >= 4 is 5.78 Å². The van der Waals surface area contributed by atoms with Crippen LogP contribution in [0.5, 0.6) is 0 Å². The normalized spacial score (nSPS) is 21.4. The van der Waals surface area contributed by atoms with E-state index in [1.54, 1.807) is 4.57 Å². The van der Waals surface area contributed by atoms with Gasteiger partial charge >= 0.3 is 0 Å².